The normalized spacial score (nSPS) is 11.1. The van der Waals surface area contributed by atoms with Crippen molar-refractivity contribution in [2.24, 2.45) is 0 Å². The first-order chi connectivity index (χ1) is 9.23. The molecule has 7 heteroatoms. The number of alkyl carbamates (subject to hydrolysis) is 1. The lowest BCUT2D eigenvalue weighted by atomic mass is 10.2. The van der Waals surface area contributed by atoms with Crippen molar-refractivity contribution >= 4 is 23.7 Å². The monoisotopic (exact) mass is 303 g/mol. The van der Waals surface area contributed by atoms with Crippen LogP contribution in [0.15, 0.2) is 10.5 Å². The Bertz CT molecular complexity index is 489. The molecule has 1 aromatic heterocycles. The number of rotatable bonds is 4. The van der Waals surface area contributed by atoms with E-state index in [2.05, 4.69) is 10.1 Å². The maximum absolute atomic E-state index is 11.5. The summed E-state index contributed by atoms with van der Waals surface area (Å²) in [6.45, 7) is 7.12. The van der Waals surface area contributed by atoms with E-state index in [1.54, 1.807) is 33.8 Å². The standard InChI is InChI=1S/C13H18ClNO5/c1-8-5-9(19-10(8)11(16)18-7-14)6-15-12(17)20-13(2,3)4/h5H,6-7H2,1-4H3,(H,15,17). The lowest BCUT2D eigenvalue weighted by Gasteiger charge is -2.19. The number of aryl methyl sites for hydroxylation is 1. The summed E-state index contributed by atoms with van der Waals surface area (Å²) in [7, 11) is 0. The number of hydrogen-bond acceptors (Lipinski definition) is 5. The number of esters is 1. The van der Waals surface area contributed by atoms with E-state index in [0.29, 0.717) is 11.3 Å². The highest BCUT2D eigenvalue weighted by Gasteiger charge is 2.19. The van der Waals surface area contributed by atoms with E-state index in [0.717, 1.165) is 0 Å². The Labute approximate surface area is 122 Å². The predicted molar refractivity (Wildman–Crippen MR) is 72.7 cm³/mol. The van der Waals surface area contributed by atoms with E-state index >= 15 is 0 Å². The van der Waals surface area contributed by atoms with Crippen molar-refractivity contribution < 1.29 is 23.5 Å². The molecule has 0 radical (unpaired) electrons. The van der Waals surface area contributed by atoms with E-state index < -0.39 is 17.7 Å². The van der Waals surface area contributed by atoms with Crippen LogP contribution in [0.4, 0.5) is 4.79 Å². The van der Waals surface area contributed by atoms with Gasteiger partial charge in [0.15, 0.2) is 6.07 Å². The first-order valence-corrected chi connectivity index (χ1v) is 6.55. The van der Waals surface area contributed by atoms with Gasteiger partial charge in [-0.2, -0.15) is 0 Å². The number of furan rings is 1. The summed E-state index contributed by atoms with van der Waals surface area (Å²) in [5.41, 5.74) is 0.0412. The van der Waals surface area contributed by atoms with Gasteiger partial charge in [0.1, 0.15) is 11.4 Å². The van der Waals surface area contributed by atoms with Gasteiger partial charge in [-0.15, -0.1) is 0 Å². The Morgan fingerprint density at radius 1 is 1.40 bits per heavy atom. The van der Waals surface area contributed by atoms with Crippen molar-refractivity contribution in [2.45, 2.75) is 39.8 Å². The lowest BCUT2D eigenvalue weighted by molar-refractivity contribution is 0.0519. The van der Waals surface area contributed by atoms with Crippen LogP contribution < -0.4 is 5.32 Å². The topological polar surface area (TPSA) is 77.8 Å². The molecule has 0 unspecified atom stereocenters. The van der Waals surface area contributed by atoms with Crippen molar-refractivity contribution in [3.8, 4) is 0 Å². The molecule has 0 saturated heterocycles. The molecule has 0 aromatic carbocycles. The van der Waals surface area contributed by atoms with Crippen molar-refractivity contribution in [1.29, 1.82) is 0 Å². The second-order valence-electron chi connectivity index (χ2n) is 5.12. The minimum absolute atomic E-state index is 0.0756. The van der Waals surface area contributed by atoms with Gasteiger partial charge in [0.25, 0.3) is 0 Å². The van der Waals surface area contributed by atoms with Gasteiger partial charge in [0, 0.05) is 5.56 Å². The number of carbonyl (C=O) groups is 2. The third-order valence-corrected chi connectivity index (χ3v) is 2.25. The smallest absolute Gasteiger partial charge is 0.408 e. The van der Waals surface area contributed by atoms with Gasteiger partial charge in [0.05, 0.1) is 6.54 Å². The molecule has 1 amide bonds. The number of ether oxygens (including phenoxy) is 2. The van der Waals surface area contributed by atoms with E-state index in [-0.39, 0.29) is 18.4 Å². The van der Waals surface area contributed by atoms with E-state index in [1.807, 2.05) is 0 Å². The zero-order valence-electron chi connectivity index (χ0n) is 11.9. The van der Waals surface area contributed by atoms with E-state index in [1.165, 1.54) is 0 Å². The third kappa shape index (κ3) is 5.13. The van der Waals surface area contributed by atoms with E-state index in [4.69, 9.17) is 20.8 Å². The van der Waals surface area contributed by atoms with Crippen LogP contribution in [-0.4, -0.2) is 23.7 Å². The minimum Gasteiger partial charge on any atom is -0.452 e. The van der Waals surface area contributed by atoms with Crippen molar-refractivity contribution in [2.75, 3.05) is 6.07 Å². The van der Waals surface area contributed by atoms with Gasteiger partial charge in [-0.25, -0.2) is 9.59 Å². The van der Waals surface area contributed by atoms with Gasteiger partial charge < -0.3 is 19.2 Å². The van der Waals surface area contributed by atoms with E-state index in [9.17, 15) is 9.59 Å². The van der Waals surface area contributed by atoms with Crippen molar-refractivity contribution in [1.82, 2.24) is 5.32 Å². The molecular formula is C13H18ClNO5. The van der Waals surface area contributed by atoms with Crippen LogP contribution in [0.2, 0.25) is 0 Å². The summed E-state index contributed by atoms with van der Waals surface area (Å²) < 4.78 is 15.0. The fraction of sp³-hybridized carbons (Fsp3) is 0.538. The summed E-state index contributed by atoms with van der Waals surface area (Å²) in [6, 6.07) is 1.40. The van der Waals surface area contributed by atoms with Crippen LogP contribution >= 0.6 is 11.6 Å². The Morgan fingerprint density at radius 2 is 2.05 bits per heavy atom. The highest BCUT2D eigenvalue weighted by Crippen LogP contribution is 2.16. The number of nitrogens with one attached hydrogen (secondary N) is 1. The molecule has 0 atom stereocenters. The molecule has 0 aliphatic carbocycles. The zero-order chi connectivity index (χ0) is 15.3. The fourth-order valence-electron chi connectivity index (χ4n) is 1.43. The highest BCUT2D eigenvalue weighted by molar-refractivity contribution is 6.17. The molecule has 112 valence electrons. The first kappa shape index (κ1) is 16.4. The summed E-state index contributed by atoms with van der Waals surface area (Å²) in [5.74, 6) is -0.137. The first-order valence-electron chi connectivity index (χ1n) is 6.02. The molecule has 0 fully saturated rings. The molecule has 0 saturated carbocycles. The Hall–Kier alpha value is -1.69. The molecule has 0 spiro atoms. The maximum Gasteiger partial charge on any atom is 0.408 e. The second kappa shape index (κ2) is 6.65. The molecule has 0 aliphatic rings. The number of hydrogen-bond donors (Lipinski definition) is 1. The number of alkyl halides is 1. The largest absolute Gasteiger partial charge is 0.452 e. The molecule has 6 nitrogen and oxygen atoms in total. The van der Waals surface area contributed by atoms with Crippen LogP contribution in [0.1, 0.15) is 42.6 Å². The summed E-state index contributed by atoms with van der Waals surface area (Å²) >= 11 is 5.31. The van der Waals surface area contributed by atoms with Crippen LogP contribution in [0.5, 0.6) is 0 Å². The summed E-state index contributed by atoms with van der Waals surface area (Å²) in [6.07, 6.45) is -0.559. The van der Waals surface area contributed by atoms with Crippen LogP contribution in [0, 0.1) is 6.92 Å². The zero-order valence-corrected chi connectivity index (χ0v) is 12.7. The summed E-state index contributed by atoms with van der Waals surface area (Å²) in [5, 5.41) is 2.53. The quantitative estimate of drug-likeness (QED) is 0.683. The van der Waals surface area contributed by atoms with Gasteiger partial charge in [-0.1, -0.05) is 11.6 Å². The lowest BCUT2D eigenvalue weighted by Crippen LogP contribution is -2.32. The minimum atomic E-state index is -0.638. The maximum atomic E-state index is 11.5. The number of carbonyl (C=O) groups excluding carboxylic acids is 2. The highest BCUT2D eigenvalue weighted by atomic mass is 35.5. The number of amides is 1. The van der Waals surface area contributed by atoms with Crippen LogP contribution in [0.3, 0.4) is 0 Å². The SMILES string of the molecule is Cc1cc(CNC(=O)OC(C)(C)C)oc1C(=O)OCCl. The molecule has 1 rings (SSSR count). The van der Waals surface area contributed by atoms with Crippen LogP contribution in [0.25, 0.3) is 0 Å². The molecule has 20 heavy (non-hydrogen) atoms. The molecule has 1 N–H and O–H groups in total. The Balaban J connectivity index is 2.60. The molecular weight excluding hydrogens is 286 g/mol. The van der Waals surface area contributed by atoms with Gasteiger partial charge in [-0.05, 0) is 33.8 Å². The summed E-state index contributed by atoms with van der Waals surface area (Å²) in [4.78, 5) is 23.0. The second-order valence-corrected chi connectivity index (χ2v) is 5.34. The average Bonchev–Trinajstić information content (AvgIpc) is 2.66. The fourth-order valence-corrected chi connectivity index (χ4v) is 1.53. The Kier molecular flexibility index (Phi) is 5.44. The molecule has 0 bridgehead atoms. The number of halogens is 1. The van der Waals surface area contributed by atoms with Crippen LogP contribution in [-0.2, 0) is 16.0 Å². The van der Waals surface area contributed by atoms with Crippen molar-refractivity contribution in [3.05, 3.63) is 23.2 Å². The molecule has 1 heterocycles. The Morgan fingerprint density at radius 3 is 2.60 bits per heavy atom. The van der Waals surface area contributed by atoms with Gasteiger partial charge in [-0.3, -0.25) is 0 Å². The van der Waals surface area contributed by atoms with Gasteiger partial charge in [0.2, 0.25) is 5.76 Å². The molecule has 0 aliphatic heterocycles. The molecule has 1 aromatic rings. The average molecular weight is 304 g/mol. The van der Waals surface area contributed by atoms with Gasteiger partial charge >= 0.3 is 12.1 Å². The predicted octanol–water partition coefficient (Wildman–Crippen LogP) is 2.97. The third-order valence-electron chi connectivity index (χ3n) is 2.15. The van der Waals surface area contributed by atoms with Crippen molar-refractivity contribution in [3.63, 3.8) is 0 Å².